The van der Waals surface area contributed by atoms with Gasteiger partial charge in [-0.25, -0.2) is 9.78 Å². The van der Waals surface area contributed by atoms with Gasteiger partial charge in [0.2, 0.25) is 0 Å². The van der Waals surface area contributed by atoms with E-state index in [-0.39, 0.29) is 5.41 Å². The number of carbonyl (C=O) groups is 1. The summed E-state index contributed by atoms with van der Waals surface area (Å²) in [7, 11) is 0. The first-order valence-corrected chi connectivity index (χ1v) is 5.99. The van der Waals surface area contributed by atoms with E-state index in [4.69, 9.17) is 9.84 Å². The second-order valence-corrected chi connectivity index (χ2v) is 5.56. The molecule has 0 aromatic carbocycles. The van der Waals surface area contributed by atoms with Crippen LogP contribution in [0.5, 0.6) is 0 Å². The lowest BCUT2D eigenvalue weighted by Gasteiger charge is -2.15. The zero-order valence-corrected chi connectivity index (χ0v) is 10.8. The van der Waals surface area contributed by atoms with Crippen molar-refractivity contribution in [3.05, 3.63) is 15.6 Å². The van der Waals surface area contributed by atoms with Gasteiger partial charge in [-0.3, -0.25) is 0 Å². The molecular formula is C11H17NO3S. The largest absolute Gasteiger partial charge is 0.477 e. The Morgan fingerprint density at radius 1 is 1.50 bits per heavy atom. The molecule has 1 aromatic heterocycles. The van der Waals surface area contributed by atoms with Gasteiger partial charge in [0.25, 0.3) is 0 Å². The molecule has 90 valence electrons. The van der Waals surface area contributed by atoms with E-state index in [9.17, 15) is 4.79 Å². The standard InChI is InChI=1S/C11H17NO3S/c1-5-15-6-7-12-9(11(2,3)4)8(16-7)10(13)14/h5-6H2,1-4H3,(H,13,14). The van der Waals surface area contributed by atoms with Gasteiger partial charge in [0.1, 0.15) is 9.88 Å². The van der Waals surface area contributed by atoms with Crippen LogP contribution in [-0.4, -0.2) is 22.7 Å². The molecule has 0 aliphatic rings. The zero-order chi connectivity index (χ0) is 12.3. The number of aromatic nitrogens is 1. The van der Waals surface area contributed by atoms with E-state index in [0.717, 1.165) is 5.01 Å². The maximum Gasteiger partial charge on any atom is 0.347 e. The molecule has 1 N–H and O–H groups in total. The van der Waals surface area contributed by atoms with Crippen molar-refractivity contribution in [2.75, 3.05) is 6.61 Å². The molecule has 5 heteroatoms. The lowest BCUT2D eigenvalue weighted by Crippen LogP contribution is -2.16. The minimum atomic E-state index is -0.912. The second-order valence-electron chi connectivity index (χ2n) is 4.48. The van der Waals surface area contributed by atoms with Crippen LogP contribution in [0, 0.1) is 0 Å². The van der Waals surface area contributed by atoms with E-state index >= 15 is 0 Å². The second kappa shape index (κ2) is 4.93. The minimum absolute atomic E-state index is 0.255. The molecule has 0 bridgehead atoms. The first-order valence-electron chi connectivity index (χ1n) is 5.17. The molecule has 0 spiro atoms. The molecule has 4 nitrogen and oxygen atoms in total. The summed E-state index contributed by atoms with van der Waals surface area (Å²) in [4.78, 5) is 15.8. The summed E-state index contributed by atoms with van der Waals surface area (Å²) in [6.07, 6.45) is 0. The third-order valence-electron chi connectivity index (χ3n) is 2.01. The summed E-state index contributed by atoms with van der Waals surface area (Å²) in [6.45, 7) is 8.76. The topological polar surface area (TPSA) is 59.4 Å². The monoisotopic (exact) mass is 243 g/mol. The van der Waals surface area contributed by atoms with E-state index in [2.05, 4.69) is 4.98 Å². The maximum absolute atomic E-state index is 11.1. The zero-order valence-electron chi connectivity index (χ0n) is 10.0. The van der Waals surface area contributed by atoms with E-state index in [1.54, 1.807) is 0 Å². The summed E-state index contributed by atoms with van der Waals surface area (Å²) >= 11 is 1.20. The fraction of sp³-hybridized carbons (Fsp3) is 0.636. The Morgan fingerprint density at radius 2 is 2.12 bits per heavy atom. The third-order valence-corrected chi connectivity index (χ3v) is 3.02. The number of aromatic carboxylic acids is 1. The van der Waals surface area contributed by atoms with Gasteiger partial charge in [0.05, 0.1) is 12.3 Å². The average molecular weight is 243 g/mol. The number of carboxylic acid groups (broad SMARTS) is 1. The lowest BCUT2D eigenvalue weighted by atomic mass is 9.91. The van der Waals surface area contributed by atoms with E-state index in [1.807, 2.05) is 27.7 Å². The Bertz CT molecular complexity index is 379. The molecule has 0 radical (unpaired) electrons. The summed E-state index contributed by atoms with van der Waals surface area (Å²) in [5.41, 5.74) is 0.383. The van der Waals surface area contributed by atoms with Crippen LogP contribution in [0.3, 0.4) is 0 Å². The van der Waals surface area contributed by atoms with Gasteiger partial charge in [0.15, 0.2) is 0 Å². The maximum atomic E-state index is 11.1. The number of hydrogen-bond acceptors (Lipinski definition) is 4. The molecule has 16 heavy (non-hydrogen) atoms. The lowest BCUT2D eigenvalue weighted by molar-refractivity contribution is 0.0699. The van der Waals surface area contributed by atoms with Crippen LogP contribution in [0.1, 0.15) is 48.1 Å². The molecule has 0 aliphatic heterocycles. The van der Waals surface area contributed by atoms with Crippen molar-refractivity contribution in [1.29, 1.82) is 0 Å². The molecule has 0 saturated heterocycles. The normalized spacial score (nSPS) is 11.8. The van der Waals surface area contributed by atoms with Crippen molar-refractivity contribution >= 4 is 17.3 Å². The van der Waals surface area contributed by atoms with Gasteiger partial charge >= 0.3 is 5.97 Å². The van der Waals surface area contributed by atoms with Crippen LogP contribution in [0.25, 0.3) is 0 Å². The summed E-state index contributed by atoms with van der Waals surface area (Å²) in [5.74, 6) is -0.912. The predicted molar refractivity (Wildman–Crippen MR) is 63.1 cm³/mol. The van der Waals surface area contributed by atoms with Crippen molar-refractivity contribution in [3.8, 4) is 0 Å². The fourth-order valence-electron chi connectivity index (χ4n) is 1.27. The number of thiazole rings is 1. The smallest absolute Gasteiger partial charge is 0.347 e. The molecule has 0 atom stereocenters. The first kappa shape index (κ1) is 13.1. The van der Waals surface area contributed by atoms with Crippen molar-refractivity contribution in [1.82, 2.24) is 4.98 Å². The van der Waals surface area contributed by atoms with E-state index in [1.165, 1.54) is 11.3 Å². The SMILES string of the molecule is CCOCc1nc(C(C)(C)C)c(C(=O)O)s1. The number of hydrogen-bond donors (Lipinski definition) is 1. The van der Waals surface area contributed by atoms with Gasteiger partial charge in [0, 0.05) is 12.0 Å². The molecule has 0 amide bonds. The quantitative estimate of drug-likeness (QED) is 0.883. The van der Waals surface area contributed by atoms with Crippen LogP contribution >= 0.6 is 11.3 Å². The highest BCUT2D eigenvalue weighted by atomic mass is 32.1. The van der Waals surface area contributed by atoms with Crippen LogP contribution in [-0.2, 0) is 16.8 Å². The highest BCUT2D eigenvalue weighted by molar-refractivity contribution is 7.13. The van der Waals surface area contributed by atoms with E-state index in [0.29, 0.717) is 23.8 Å². The van der Waals surface area contributed by atoms with Crippen molar-refractivity contribution in [2.45, 2.75) is 39.7 Å². The van der Waals surface area contributed by atoms with Crippen LogP contribution < -0.4 is 0 Å². The number of ether oxygens (including phenoxy) is 1. The van der Waals surface area contributed by atoms with Gasteiger partial charge in [-0.1, -0.05) is 20.8 Å². The average Bonchev–Trinajstić information content (AvgIpc) is 2.58. The molecule has 1 aromatic rings. The Labute approximate surface area is 99.3 Å². The van der Waals surface area contributed by atoms with Crippen molar-refractivity contribution in [3.63, 3.8) is 0 Å². The molecule has 0 saturated carbocycles. The number of rotatable bonds is 4. The highest BCUT2D eigenvalue weighted by Crippen LogP contribution is 2.29. The molecular weight excluding hydrogens is 226 g/mol. The first-order chi connectivity index (χ1) is 7.36. The van der Waals surface area contributed by atoms with Crippen LogP contribution in [0.4, 0.5) is 0 Å². The van der Waals surface area contributed by atoms with Crippen molar-refractivity contribution < 1.29 is 14.6 Å². The number of nitrogens with zero attached hydrogens (tertiary/aromatic N) is 1. The summed E-state index contributed by atoms with van der Waals surface area (Å²) in [5, 5.41) is 9.82. The van der Waals surface area contributed by atoms with Gasteiger partial charge in [-0.2, -0.15) is 0 Å². The Hall–Kier alpha value is -0.940. The molecule has 1 heterocycles. The van der Waals surface area contributed by atoms with Gasteiger partial charge in [-0.15, -0.1) is 11.3 Å². The summed E-state index contributed by atoms with van der Waals surface area (Å²) < 4.78 is 5.24. The number of carboxylic acids is 1. The summed E-state index contributed by atoms with van der Waals surface area (Å²) in [6, 6.07) is 0. The fourth-order valence-corrected chi connectivity index (χ4v) is 2.32. The Kier molecular flexibility index (Phi) is 4.04. The molecule has 0 aliphatic carbocycles. The highest BCUT2D eigenvalue weighted by Gasteiger charge is 2.26. The van der Waals surface area contributed by atoms with Crippen molar-refractivity contribution in [2.24, 2.45) is 0 Å². The Balaban J connectivity index is 3.06. The third kappa shape index (κ3) is 3.02. The predicted octanol–water partition coefficient (Wildman–Crippen LogP) is 2.68. The van der Waals surface area contributed by atoms with Crippen LogP contribution in [0.15, 0.2) is 0 Å². The molecule has 0 unspecified atom stereocenters. The van der Waals surface area contributed by atoms with Gasteiger partial charge < -0.3 is 9.84 Å². The molecule has 1 rings (SSSR count). The minimum Gasteiger partial charge on any atom is -0.477 e. The Morgan fingerprint density at radius 3 is 2.50 bits per heavy atom. The van der Waals surface area contributed by atoms with Crippen LogP contribution in [0.2, 0.25) is 0 Å². The molecule has 0 fully saturated rings. The van der Waals surface area contributed by atoms with E-state index < -0.39 is 5.97 Å². The van der Waals surface area contributed by atoms with Gasteiger partial charge in [-0.05, 0) is 6.92 Å².